The van der Waals surface area contributed by atoms with Crippen LogP contribution in [0.5, 0.6) is 0 Å². The number of carbonyl (C=O) groups is 1. The number of rotatable bonds is 6. The summed E-state index contributed by atoms with van der Waals surface area (Å²) in [6.07, 6.45) is 0. The normalized spacial score (nSPS) is 11.1. The zero-order valence-electron chi connectivity index (χ0n) is 11.5. The highest BCUT2D eigenvalue weighted by atomic mass is 79.9. The van der Waals surface area contributed by atoms with Crippen LogP contribution in [0.4, 0.5) is 4.39 Å². The lowest BCUT2D eigenvalue weighted by Gasteiger charge is -2.25. The van der Waals surface area contributed by atoms with Crippen LogP contribution in [0.3, 0.4) is 0 Å². The molecule has 3 nitrogen and oxygen atoms in total. The molecule has 1 rings (SSSR count). The Kier molecular flexibility index (Phi) is 6.45. The number of hydrogen-bond donors (Lipinski definition) is 0. The first kappa shape index (κ1) is 16.1. The fraction of sp³-hybridized carbons (Fsp3) is 0.500. The molecule has 0 aromatic heterocycles. The second kappa shape index (κ2) is 7.60. The third-order valence-electron chi connectivity index (χ3n) is 2.74. The molecule has 0 fully saturated rings. The lowest BCUT2D eigenvalue weighted by Crippen LogP contribution is -2.36. The van der Waals surface area contributed by atoms with Gasteiger partial charge < -0.3 is 4.74 Å². The molecule has 0 heterocycles. The Morgan fingerprint density at radius 2 is 2.16 bits per heavy atom. The van der Waals surface area contributed by atoms with Crippen molar-refractivity contribution in [3.8, 4) is 0 Å². The largest absolute Gasteiger partial charge is 0.465 e. The van der Waals surface area contributed by atoms with E-state index in [1.165, 1.54) is 6.07 Å². The Morgan fingerprint density at radius 3 is 2.68 bits per heavy atom. The lowest BCUT2D eigenvalue weighted by atomic mass is 10.2. The van der Waals surface area contributed by atoms with Gasteiger partial charge in [-0.1, -0.05) is 6.07 Å². The molecule has 106 valence electrons. The van der Waals surface area contributed by atoms with Crippen molar-refractivity contribution in [1.82, 2.24) is 4.90 Å². The van der Waals surface area contributed by atoms with E-state index >= 15 is 0 Å². The van der Waals surface area contributed by atoms with E-state index in [0.717, 1.165) is 5.56 Å². The topological polar surface area (TPSA) is 29.5 Å². The van der Waals surface area contributed by atoms with Crippen molar-refractivity contribution in [3.63, 3.8) is 0 Å². The smallest absolute Gasteiger partial charge is 0.320 e. The zero-order chi connectivity index (χ0) is 14.4. The van der Waals surface area contributed by atoms with Gasteiger partial charge in [0.2, 0.25) is 0 Å². The molecule has 0 N–H and O–H groups in total. The van der Waals surface area contributed by atoms with E-state index in [0.29, 0.717) is 17.6 Å². The first-order chi connectivity index (χ1) is 8.93. The van der Waals surface area contributed by atoms with Crippen molar-refractivity contribution in [2.24, 2.45) is 0 Å². The van der Waals surface area contributed by atoms with E-state index < -0.39 is 0 Å². The second-order valence-electron chi connectivity index (χ2n) is 4.55. The number of hydrogen-bond acceptors (Lipinski definition) is 3. The standard InChI is InChI=1S/C14H19BrFNO2/c1-4-19-14(18)9-17(10(2)3)8-11-5-6-13(16)12(15)7-11/h5-7,10H,4,8-9H2,1-3H3. The quantitative estimate of drug-likeness (QED) is 0.748. The summed E-state index contributed by atoms with van der Waals surface area (Å²) >= 11 is 3.16. The summed E-state index contributed by atoms with van der Waals surface area (Å²) in [5.41, 5.74) is 0.950. The number of esters is 1. The molecule has 1 aromatic rings. The minimum atomic E-state index is -0.287. The third-order valence-corrected chi connectivity index (χ3v) is 3.35. The monoisotopic (exact) mass is 331 g/mol. The summed E-state index contributed by atoms with van der Waals surface area (Å²) in [6, 6.07) is 5.08. The molecular formula is C14H19BrFNO2. The molecule has 0 radical (unpaired) electrons. The van der Waals surface area contributed by atoms with Crippen molar-refractivity contribution in [3.05, 3.63) is 34.1 Å². The second-order valence-corrected chi connectivity index (χ2v) is 5.41. The van der Waals surface area contributed by atoms with Gasteiger partial charge in [0, 0.05) is 12.6 Å². The molecule has 1 aromatic carbocycles. The van der Waals surface area contributed by atoms with Crippen molar-refractivity contribution in [2.75, 3.05) is 13.2 Å². The van der Waals surface area contributed by atoms with Crippen molar-refractivity contribution in [2.45, 2.75) is 33.4 Å². The van der Waals surface area contributed by atoms with E-state index in [1.807, 2.05) is 18.7 Å². The Bertz CT molecular complexity index is 437. The average molecular weight is 332 g/mol. The van der Waals surface area contributed by atoms with E-state index in [2.05, 4.69) is 15.9 Å². The summed E-state index contributed by atoms with van der Waals surface area (Å²) in [7, 11) is 0. The molecule has 0 aliphatic carbocycles. The van der Waals surface area contributed by atoms with Gasteiger partial charge in [0.15, 0.2) is 0 Å². The molecule has 0 atom stereocenters. The fourth-order valence-electron chi connectivity index (χ4n) is 1.67. The molecule has 0 unspecified atom stereocenters. The van der Waals surface area contributed by atoms with Gasteiger partial charge in [0.25, 0.3) is 0 Å². The predicted molar refractivity (Wildman–Crippen MR) is 76.3 cm³/mol. The molecule has 0 aliphatic heterocycles. The summed E-state index contributed by atoms with van der Waals surface area (Å²) in [5.74, 6) is -0.525. The first-order valence-corrected chi connectivity index (χ1v) is 7.07. The number of nitrogens with zero attached hydrogens (tertiary/aromatic N) is 1. The van der Waals surface area contributed by atoms with Crippen LogP contribution >= 0.6 is 15.9 Å². The zero-order valence-corrected chi connectivity index (χ0v) is 13.0. The molecular weight excluding hydrogens is 313 g/mol. The van der Waals surface area contributed by atoms with Gasteiger partial charge in [-0.15, -0.1) is 0 Å². The minimum Gasteiger partial charge on any atom is -0.465 e. The molecule has 5 heteroatoms. The van der Waals surface area contributed by atoms with Crippen LogP contribution in [0, 0.1) is 5.82 Å². The van der Waals surface area contributed by atoms with Crippen LogP contribution in [0.25, 0.3) is 0 Å². The summed E-state index contributed by atoms with van der Waals surface area (Å²) in [5, 5.41) is 0. The summed E-state index contributed by atoms with van der Waals surface area (Å²) < 4.78 is 18.6. The van der Waals surface area contributed by atoms with E-state index in [9.17, 15) is 9.18 Å². The van der Waals surface area contributed by atoms with Gasteiger partial charge in [0.05, 0.1) is 17.6 Å². The van der Waals surface area contributed by atoms with Crippen LogP contribution in [-0.4, -0.2) is 30.1 Å². The van der Waals surface area contributed by atoms with Crippen LogP contribution in [0.1, 0.15) is 26.3 Å². The molecule has 0 bridgehead atoms. The maximum Gasteiger partial charge on any atom is 0.320 e. The highest BCUT2D eigenvalue weighted by Gasteiger charge is 2.15. The van der Waals surface area contributed by atoms with Gasteiger partial charge in [-0.25, -0.2) is 4.39 Å². The number of halogens is 2. The molecule has 0 amide bonds. The van der Waals surface area contributed by atoms with Crippen LogP contribution < -0.4 is 0 Å². The average Bonchev–Trinajstić information content (AvgIpc) is 2.33. The van der Waals surface area contributed by atoms with Gasteiger partial charge >= 0.3 is 5.97 Å². The Balaban J connectivity index is 2.72. The maximum absolute atomic E-state index is 13.2. The molecule has 19 heavy (non-hydrogen) atoms. The van der Waals surface area contributed by atoms with Crippen molar-refractivity contribution in [1.29, 1.82) is 0 Å². The van der Waals surface area contributed by atoms with E-state index in [1.54, 1.807) is 19.1 Å². The van der Waals surface area contributed by atoms with E-state index in [4.69, 9.17) is 4.74 Å². The predicted octanol–water partition coefficient (Wildman–Crippen LogP) is 3.36. The Morgan fingerprint density at radius 1 is 1.47 bits per heavy atom. The fourth-order valence-corrected chi connectivity index (χ4v) is 2.09. The highest BCUT2D eigenvalue weighted by molar-refractivity contribution is 9.10. The van der Waals surface area contributed by atoms with Crippen LogP contribution in [0.15, 0.2) is 22.7 Å². The maximum atomic E-state index is 13.2. The van der Waals surface area contributed by atoms with Crippen LogP contribution in [0.2, 0.25) is 0 Å². The first-order valence-electron chi connectivity index (χ1n) is 6.27. The lowest BCUT2D eigenvalue weighted by molar-refractivity contribution is -0.145. The van der Waals surface area contributed by atoms with Gasteiger partial charge in [0.1, 0.15) is 5.82 Å². The number of benzene rings is 1. The summed E-state index contributed by atoms with van der Waals surface area (Å²) in [4.78, 5) is 13.5. The SMILES string of the molecule is CCOC(=O)CN(Cc1ccc(F)c(Br)c1)C(C)C. The van der Waals surface area contributed by atoms with Gasteiger partial charge in [-0.2, -0.15) is 0 Å². The molecule has 0 spiro atoms. The summed E-state index contributed by atoms with van der Waals surface area (Å²) in [6.45, 7) is 7.01. The van der Waals surface area contributed by atoms with Crippen LogP contribution in [-0.2, 0) is 16.1 Å². The Labute approximate surface area is 121 Å². The van der Waals surface area contributed by atoms with Gasteiger partial charge in [-0.05, 0) is 54.4 Å². The van der Waals surface area contributed by atoms with Gasteiger partial charge in [-0.3, -0.25) is 9.69 Å². The molecule has 0 aliphatic rings. The van der Waals surface area contributed by atoms with Crippen molar-refractivity contribution < 1.29 is 13.9 Å². The number of carbonyl (C=O) groups excluding carboxylic acids is 1. The molecule has 0 saturated carbocycles. The number of ether oxygens (including phenoxy) is 1. The highest BCUT2D eigenvalue weighted by Crippen LogP contribution is 2.18. The van der Waals surface area contributed by atoms with E-state index in [-0.39, 0.29) is 24.4 Å². The third kappa shape index (κ3) is 5.28. The Hall–Kier alpha value is -0.940. The minimum absolute atomic E-state index is 0.202. The van der Waals surface area contributed by atoms with Crippen molar-refractivity contribution >= 4 is 21.9 Å². The molecule has 0 saturated heterocycles.